The number of hydrogen-bond acceptors (Lipinski definition) is 8. The number of nitrogens with zero attached hydrogens (tertiary/aromatic N) is 2. The fraction of sp³-hybridized carbons (Fsp3) is 0.182. The van der Waals surface area contributed by atoms with Gasteiger partial charge in [0.15, 0.2) is 21.8 Å². The highest BCUT2D eigenvalue weighted by atomic mass is 32.1. The summed E-state index contributed by atoms with van der Waals surface area (Å²) in [6, 6.07) is 10.9. The molecule has 8 nitrogen and oxygen atoms in total. The first-order chi connectivity index (χ1) is 15.4. The number of carbonyl (C=O) groups is 2. The number of thiazole rings is 2. The third-order valence-corrected chi connectivity index (χ3v) is 6.29. The van der Waals surface area contributed by atoms with Crippen LogP contribution in [0.15, 0.2) is 41.8 Å². The lowest BCUT2D eigenvalue weighted by molar-refractivity contribution is -0.115. The molecule has 2 aromatic carbocycles. The molecule has 0 atom stereocenters. The first-order valence-electron chi connectivity index (χ1n) is 9.60. The number of ether oxygens (including phenoxy) is 2. The third-order valence-electron chi connectivity index (χ3n) is 4.55. The molecule has 0 spiro atoms. The molecule has 0 aliphatic heterocycles. The first-order valence-corrected chi connectivity index (χ1v) is 11.3. The Morgan fingerprint density at radius 2 is 1.78 bits per heavy atom. The molecule has 0 fully saturated rings. The molecule has 164 valence electrons. The van der Waals surface area contributed by atoms with Crippen molar-refractivity contribution in [2.75, 3.05) is 24.9 Å². The minimum atomic E-state index is -0.332. The minimum Gasteiger partial charge on any atom is -0.493 e. The zero-order valence-electron chi connectivity index (χ0n) is 17.6. The lowest BCUT2D eigenvalue weighted by Crippen LogP contribution is -2.15. The van der Waals surface area contributed by atoms with E-state index in [1.807, 2.05) is 25.1 Å². The highest BCUT2D eigenvalue weighted by molar-refractivity contribution is 7.22. The average Bonchev–Trinajstić information content (AvgIpc) is 3.38. The summed E-state index contributed by atoms with van der Waals surface area (Å²) in [5, 5.41) is 8.26. The van der Waals surface area contributed by atoms with E-state index in [0.717, 1.165) is 15.8 Å². The van der Waals surface area contributed by atoms with E-state index in [1.165, 1.54) is 36.9 Å². The summed E-state index contributed by atoms with van der Waals surface area (Å²) in [5.41, 5.74) is 2.96. The summed E-state index contributed by atoms with van der Waals surface area (Å²) in [6.07, 6.45) is 0.0810. The Bertz CT molecular complexity index is 1300. The summed E-state index contributed by atoms with van der Waals surface area (Å²) in [7, 11) is 3.04. The summed E-state index contributed by atoms with van der Waals surface area (Å²) in [4.78, 5) is 33.7. The molecule has 0 saturated carbocycles. The van der Waals surface area contributed by atoms with Crippen LogP contribution in [0.4, 0.5) is 10.3 Å². The Labute approximate surface area is 192 Å². The lowest BCUT2D eigenvalue weighted by atomic mass is 10.2. The molecule has 2 heterocycles. The number of aryl methyl sites for hydroxylation is 1. The predicted octanol–water partition coefficient (Wildman–Crippen LogP) is 4.51. The molecule has 2 aromatic heterocycles. The molecule has 4 aromatic rings. The fourth-order valence-electron chi connectivity index (χ4n) is 3.01. The Hall–Kier alpha value is -3.50. The normalized spacial score (nSPS) is 10.7. The highest BCUT2D eigenvalue weighted by Gasteiger charge is 2.15. The van der Waals surface area contributed by atoms with Crippen LogP contribution in [0.25, 0.3) is 10.2 Å². The monoisotopic (exact) mass is 468 g/mol. The van der Waals surface area contributed by atoms with E-state index < -0.39 is 0 Å². The summed E-state index contributed by atoms with van der Waals surface area (Å²) < 4.78 is 11.4. The smallest absolute Gasteiger partial charge is 0.257 e. The number of aromatic nitrogens is 2. The van der Waals surface area contributed by atoms with E-state index in [0.29, 0.717) is 33.0 Å². The summed E-state index contributed by atoms with van der Waals surface area (Å²) >= 11 is 2.68. The molecule has 2 amide bonds. The van der Waals surface area contributed by atoms with Crippen LogP contribution in [-0.2, 0) is 11.2 Å². The SMILES string of the molecule is COc1ccc(C(=O)Nc2nc(CC(=O)Nc3nc4ccc(C)cc4s3)cs2)cc1OC. The van der Waals surface area contributed by atoms with Gasteiger partial charge in [0.05, 0.1) is 36.6 Å². The quantitative estimate of drug-likeness (QED) is 0.414. The number of rotatable bonds is 7. The number of fused-ring (bicyclic) bond motifs is 1. The van der Waals surface area contributed by atoms with Gasteiger partial charge in [-0.1, -0.05) is 17.4 Å². The standard InChI is InChI=1S/C22H20N4O4S2/c1-12-4-6-15-18(8-12)32-22(24-15)25-19(27)10-14-11-31-21(23-14)26-20(28)13-5-7-16(29-2)17(9-13)30-3/h4-9,11H,10H2,1-3H3,(H,23,26,28)(H,24,25,27). The van der Waals surface area contributed by atoms with Gasteiger partial charge in [-0.05, 0) is 42.8 Å². The van der Waals surface area contributed by atoms with Crippen molar-refractivity contribution in [2.24, 2.45) is 0 Å². The molecule has 0 radical (unpaired) electrons. The van der Waals surface area contributed by atoms with Gasteiger partial charge in [-0.2, -0.15) is 0 Å². The Morgan fingerprint density at radius 3 is 2.56 bits per heavy atom. The molecule has 4 rings (SSSR count). The Balaban J connectivity index is 1.37. The molecular weight excluding hydrogens is 448 g/mol. The van der Waals surface area contributed by atoms with Crippen LogP contribution < -0.4 is 20.1 Å². The molecule has 0 saturated heterocycles. The van der Waals surface area contributed by atoms with E-state index in [1.54, 1.807) is 23.6 Å². The largest absolute Gasteiger partial charge is 0.493 e. The van der Waals surface area contributed by atoms with Crippen molar-refractivity contribution in [3.05, 3.63) is 58.6 Å². The second-order valence-corrected chi connectivity index (χ2v) is 8.77. The van der Waals surface area contributed by atoms with Gasteiger partial charge < -0.3 is 14.8 Å². The zero-order chi connectivity index (χ0) is 22.7. The van der Waals surface area contributed by atoms with Crippen LogP contribution in [0.1, 0.15) is 21.6 Å². The van der Waals surface area contributed by atoms with Crippen molar-refractivity contribution in [1.82, 2.24) is 9.97 Å². The molecule has 32 heavy (non-hydrogen) atoms. The number of carbonyl (C=O) groups excluding carboxylic acids is 2. The van der Waals surface area contributed by atoms with Crippen molar-refractivity contribution in [3.63, 3.8) is 0 Å². The number of nitrogens with one attached hydrogen (secondary N) is 2. The Morgan fingerprint density at radius 1 is 0.969 bits per heavy atom. The third kappa shape index (κ3) is 4.87. The van der Waals surface area contributed by atoms with Gasteiger partial charge in [0.1, 0.15) is 0 Å². The van der Waals surface area contributed by atoms with E-state index in [2.05, 4.69) is 20.6 Å². The molecule has 2 N–H and O–H groups in total. The van der Waals surface area contributed by atoms with Gasteiger partial charge in [-0.25, -0.2) is 9.97 Å². The van der Waals surface area contributed by atoms with Crippen LogP contribution in [0.2, 0.25) is 0 Å². The van der Waals surface area contributed by atoms with Gasteiger partial charge in [0.25, 0.3) is 5.91 Å². The predicted molar refractivity (Wildman–Crippen MR) is 126 cm³/mol. The van der Waals surface area contributed by atoms with Crippen molar-refractivity contribution in [1.29, 1.82) is 0 Å². The number of benzene rings is 2. The van der Waals surface area contributed by atoms with E-state index >= 15 is 0 Å². The van der Waals surface area contributed by atoms with Crippen LogP contribution in [0.5, 0.6) is 11.5 Å². The summed E-state index contributed by atoms with van der Waals surface area (Å²) in [5.74, 6) is 0.446. The van der Waals surface area contributed by atoms with Gasteiger partial charge >= 0.3 is 0 Å². The topological polar surface area (TPSA) is 102 Å². The summed E-state index contributed by atoms with van der Waals surface area (Å²) in [6.45, 7) is 2.02. The van der Waals surface area contributed by atoms with Gasteiger partial charge in [0.2, 0.25) is 5.91 Å². The van der Waals surface area contributed by atoms with Crippen molar-refractivity contribution >= 4 is 55.0 Å². The van der Waals surface area contributed by atoms with E-state index in [9.17, 15) is 9.59 Å². The van der Waals surface area contributed by atoms with Crippen LogP contribution in [-0.4, -0.2) is 36.0 Å². The zero-order valence-corrected chi connectivity index (χ0v) is 19.2. The molecule has 0 unspecified atom stereocenters. The fourth-order valence-corrected chi connectivity index (χ4v) is 4.69. The molecule has 0 aliphatic rings. The Kier molecular flexibility index (Phi) is 6.33. The minimum absolute atomic E-state index is 0.0810. The van der Waals surface area contributed by atoms with Crippen molar-refractivity contribution in [2.45, 2.75) is 13.3 Å². The number of amides is 2. The van der Waals surface area contributed by atoms with Crippen LogP contribution in [0.3, 0.4) is 0 Å². The van der Waals surface area contributed by atoms with E-state index in [-0.39, 0.29) is 18.2 Å². The maximum atomic E-state index is 12.5. The molecular formula is C22H20N4O4S2. The molecule has 10 heteroatoms. The average molecular weight is 469 g/mol. The lowest BCUT2D eigenvalue weighted by Gasteiger charge is -2.09. The number of anilines is 2. The van der Waals surface area contributed by atoms with Crippen LogP contribution >= 0.6 is 22.7 Å². The van der Waals surface area contributed by atoms with Crippen LogP contribution in [0, 0.1) is 6.92 Å². The van der Waals surface area contributed by atoms with Crippen molar-refractivity contribution < 1.29 is 19.1 Å². The second-order valence-electron chi connectivity index (χ2n) is 6.88. The maximum absolute atomic E-state index is 12.5. The number of methoxy groups -OCH3 is 2. The maximum Gasteiger partial charge on any atom is 0.257 e. The first kappa shape index (κ1) is 21.7. The molecule has 0 aliphatic carbocycles. The highest BCUT2D eigenvalue weighted by Crippen LogP contribution is 2.29. The second kappa shape index (κ2) is 9.33. The van der Waals surface area contributed by atoms with Gasteiger partial charge in [-0.3, -0.25) is 14.9 Å². The van der Waals surface area contributed by atoms with E-state index in [4.69, 9.17) is 9.47 Å². The van der Waals surface area contributed by atoms with Gasteiger partial charge in [0, 0.05) is 10.9 Å². The molecule has 0 bridgehead atoms. The van der Waals surface area contributed by atoms with Crippen molar-refractivity contribution in [3.8, 4) is 11.5 Å². The number of hydrogen-bond donors (Lipinski definition) is 2. The van der Waals surface area contributed by atoms with Gasteiger partial charge in [-0.15, -0.1) is 11.3 Å².